The molecule has 2 aliphatic rings. The van der Waals surface area contributed by atoms with Crippen molar-refractivity contribution in [3.05, 3.63) is 23.8 Å². The van der Waals surface area contributed by atoms with Crippen molar-refractivity contribution in [2.24, 2.45) is 5.73 Å². The Kier molecular flexibility index (Phi) is 6.87. The predicted octanol–water partition coefficient (Wildman–Crippen LogP) is 1.75. The number of urea groups is 1. The fourth-order valence-corrected chi connectivity index (χ4v) is 3.53. The highest BCUT2D eigenvalue weighted by molar-refractivity contribution is 7.80. The molecular weight excluding hydrogens is 420 g/mol. The molecule has 2 fully saturated rings. The van der Waals surface area contributed by atoms with Crippen molar-refractivity contribution in [1.82, 2.24) is 10.4 Å². The van der Waals surface area contributed by atoms with Crippen LogP contribution in [0.2, 0.25) is 0 Å². The van der Waals surface area contributed by atoms with E-state index in [1.165, 1.54) is 21.9 Å². The van der Waals surface area contributed by atoms with E-state index in [2.05, 4.69) is 5.43 Å². The summed E-state index contributed by atoms with van der Waals surface area (Å²) in [7, 11) is 1.47. The maximum absolute atomic E-state index is 14.8. The lowest BCUT2D eigenvalue weighted by molar-refractivity contribution is 0.137. The number of cyclic esters (lactones) is 1. The third kappa shape index (κ3) is 4.87. The van der Waals surface area contributed by atoms with Gasteiger partial charge >= 0.3 is 12.1 Å². The number of benzene rings is 1. The summed E-state index contributed by atoms with van der Waals surface area (Å²) >= 11 is 4.97. The van der Waals surface area contributed by atoms with Crippen molar-refractivity contribution in [3.63, 3.8) is 0 Å². The minimum absolute atomic E-state index is 0.0716. The molecule has 3 rings (SSSR count). The summed E-state index contributed by atoms with van der Waals surface area (Å²) in [5, 5.41) is 1.59. The van der Waals surface area contributed by atoms with Gasteiger partial charge in [-0.25, -0.2) is 23.8 Å². The zero-order valence-electron chi connectivity index (χ0n) is 16.4. The molecule has 3 N–H and O–H groups in total. The molecule has 2 aliphatic heterocycles. The summed E-state index contributed by atoms with van der Waals surface area (Å²) in [6.07, 6.45) is -0.238. The van der Waals surface area contributed by atoms with E-state index >= 15 is 0 Å². The van der Waals surface area contributed by atoms with E-state index in [4.69, 9.17) is 27.4 Å². The number of rotatable bonds is 5. The summed E-state index contributed by atoms with van der Waals surface area (Å²) < 4.78 is 39.9. The predicted molar refractivity (Wildman–Crippen MR) is 109 cm³/mol. The number of methoxy groups -OCH3 is 1. The van der Waals surface area contributed by atoms with E-state index in [0.717, 1.165) is 12.1 Å². The van der Waals surface area contributed by atoms with E-state index in [9.17, 15) is 18.4 Å². The maximum atomic E-state index is 14.8. The van der Waals surface area contributed by atoms with Crippen LogP contribution < -0.4 is 21.0 Å². The molecule has 0 unspecified atom stereocenters. The van der Waals surface area contributed by atoms with Gasteiger partial charge in [-0.2, -0.15) is 0 Å². The summed E-state index contributed by atoms with van der Waals surface area (Å²) in [4.78, 5) is 26.1. The Labute approximate surface area is 177 Å². The quantitative estimate of drug-likeness (QED) is 0.669. The van der Waals surface area contributed by atoms with Crippen LogP contribution in [0.25, 0.3) is 0 Å². The van der Waals surface area contributed by atoms with Gasteiger partial charge in [0, 0.05) is 38.2 Å². The summed E-state index contributed by atoms with van der Waals surface area (Å²) in [6.45, 7) is 1.07. The molecule has 1 atom stereocenters. The zero-order valence-corrected chi connectivity index (χ0v) is 17.2. The first-order valence-corrected chi connectivity index (χ1v) is 9.80. The molecule has 1 aromatic rings. The molecule has 164 valence electrons. The van der Waals surface area contributed by atoms with Crippen LogP contribution in [0.3, 0.4) is 0 Å². The van der Waals surface area contributed by atoms with Crippen LogP contribution in [-0.4, -0.2) is 68.1 Å². The topological polar surface area (TPSA) is 100 Å². The molecule has 0 aliphatic carbocycles. The van der Waals surface area contributed by atoms with Gasteiger partial charge in [0.15, 0.2) is 16.7 Å². The van der Waals surface area contributed by atoms with Gasteiger partial charge in [0.2, 0.25) is 0 Å². The van der Waals surface area contributed by atoms with Gasteiger partial charge < -0.3 is 20.1 Å². The number of hydrazine groups is 1. The zero-order chi connectivity index (χ0) is 21.8. The Bertz CT molecular complexity index is 820. The van der Waals surface area contributed by atoms with Gasteiger partial charge in [0.1, 0.15) is 11.8 Å². The normalized spacial score (nSPS) is 19.5. The van der Waals surface area contributed by atoms with E-state index in [1.54, 1.807) is 0 Å². The molecule has 0 aromatic heterocycles. The second-order valence-corrected chi connectivity index (χ2v) is 7.33. The average Bonchev–Trinajstić information content (AvgIpc) is 2.90. The van der Waals surface area contributed by atoms with Crippen molar-refractivity contribution in [1.29, 1.82) is 0 Å². The third-order valence-corrected chi connectivity index (χ3v) is 5.32. The molecule has 1 aromatic carbocycles. The molecule has 12 heteroatoms. The van der Waals surface area contributed by atoms with Gasteiger partial charge in [0.25, 0.3) is 0 Å². The molecule has 2 heterocycles. The maximum Gasteiger partial charge on any atom is 0.414 e. The highest BCUT2D eigenvalue weighted by Gasteiger charge is 2.34. The first-order valence-electron chi connectivity index (χ1n) is 9.39. The highest BCUT2D eigenvalue weighted by atomic mass is 32.1. The molecule has 2 saturated heterocycles. The lowest BCUT2D eigenvalue weighted by Gasteiger charge is -2.24. The van der Waals surface area contributed by atoms with E-state index in [0.29, 0.717) is 17.9 Å². The van der Waals surface area contributed by atoms with Crippen molar-refractivity contribution in [2.45, 2.75) is 18.9 Å². The Morgan fingerprint density at radius 1 is 1.33 bits per heavy atom. The van der Waals surface area contributed by atoms with Gasteiger partial charge in [-0.05, 0) is 18.6 Å². The Morgan fingerprint density at radius 2 is 2.03 bits per heavy atom. The SMILES string of the molecule is COC(=S)CC[C@H]1CN(c2cc(F)c(N3CCNN(C(N)=O)CC3)c(F)c2)C(=O)O1. The van der Waals surface area contributed by atoms with E-state index < -0.39 is 29.9 Å². The number of nitrogens with two attached hydrogens (primary N) is 1. The van der Waals surface area contributed by atoms with Crippen LogP contribution in [0.5, 0.6) is 0 Å². The molecule has 3 amide bonds. The van der Waals surface area contributed by atoms with Gasteiger partial charge in [0.05, 0.1) is 25.9 Å². The van der Waals surface area contributed by atoms with Crippen LogP contribution in [-0.2, 0) is 9.47 Å². The highest BCUT2D eigenvalue weighted by Crippen LogP contribution is 2.31. The van der Waals surface area contributed by atoms with Gasteiger partial charge in [-0.3, -0.25) is 9.91 Å². The van der Waals surface area contributed by atoms with Crippen LogP contribution in [0.1, 0.15) is 12.8 Å². The lowest BCUT2D eigenvalue weighted by atomic mass is 10.2. The average molecular weight is 443 g/mol. The third-order valence-electron chi connectivity index (χ3n) is 4.95. The minimum Gasteiger partial charge on any atom is -0.490 e. The molecular formula is C18H23F2N5O4S. The number of primary amides is 1. The smallest absolute Gasteiger partial charge is 0.414 e. The number of hydrogen-bond donors (Lipinski definition) is 2. The van der Waals surface area contributed by atoms with Gasteiger partial charge in [-0.1, -0.05) is 0 Å². The molecule has 0 bridgehead atoms. The number of halogens is 2. The number of ether oxygens (including phenoxy) is 2. The van der Waals surface area contributed by atoms with E-state index in [-0.39, 0.29) is 44.1 Å². The van der Waals surface area contributed by atoms with E-state index in [1.807, 2.05) is 0 Å². The minimum atomic E-state index is -0.811. The van der Waals surface area contributed by atoms with Gasteiger partial charge in [-0.15, -0.1) is 0 Å². The van der Waals surface area contributed by atoms with Crippen molar-refractivity contribution in [3.8, 4) is 0 Å². The number of nitrogens with one attached hydrogen (secondary N) is 1. The number of amides is 3. The number of thiocarbonyl (C=S) groups is 1. The number of anilines is 2. The first-order chi connectivity index (χ1) is 14.3. The first kappa shape index (κ1) is 22.0. The standard InChI is InChI=1S/C18H23F2N5O4S/c1-28-15(30)3-2-12-10-24(18(27)29-12)11-8-13(19)16(14(20)9-11)23-5-4-22-25(7-6-23)17(21)26/h8-9,12,22H,2-7,10H2,1H3,(H2,21,26)/t12-/m0/s1. The second kappa shape index (κ2) is 9.39. The number of hydrogen-bond acceptors (Lipinski definition) is 7. The lowest BCUT2D eigenvalue weighted by Crippen LogP contribution is -2.46. The monoisotopic (exact) mass is 443 g/mol. The number of carbonyl (C=O) groups excluding carboxylic acids is 2. The summed E-state index contributed by atoms with van der Waals surface area (Å²) in [5.41, 5.74) is 7.88. The Morgan fingerprint density at radius 3 is 2.67 bits per heavy atom. The van der Waals surface area contributed by atoms with Crippen molar-refractivity contribution < 1.29 is 27.8 Å². The van der Waals surface area contributed by atoms with Crippen LogP contribution >= 0.6 is 12.2 Å². The molecule has 0 saturated carbocycles. The van der Waals surface area contributed by atoms with Crippen LogP contribution in [0.4, 0.5) is 29.7 Å². The van der Waals surface area contributed by atoms with Crippen molar-refractivity contribution >= 4 is 40.8 Å². The number of nitrogens with zero attached hydrogens (tertiary/aromatic N) is 3. The Balaban J connectivity index is 1.72. The van der Waals surface area contributed by atoms with Crippen LogP contribution in [0.15, 0.2) is 12.1 Å². The Hall–Kier alpha value is -2.73. The molecule has 30 heavy (non-hydrogen) atoms. The summed E-state index contributed by atoms with van der Waals surface area (Å²) in [5.74, 6) is -1.62. The van der Waals surface area contributed by atoms with Crippen molar-refractivity contribution in [2.75, 3.05) is 49.6 Å². The van der Waals surface area contributed by atoms with Crippen LogP contribution in [0, 0.1) is 11.6 Å². The fraction of sp³-hybridized carbons (Fsp3) is 0.500. The molecule has 0 spiro atoms. The fourth-order valence-electron chi connectivity index (χ4n) is 3.42. The molecule has 9 nitrogen and oxygen atoms in total. The largest absolute Gasteiger partial charge is 0.490 e. The number of carbonyl (C=O) groups is 2. The second-order valence-electron chi connectivity index (χ2n) is 6.87. The summed E-state index contributed by atoms with van der Waals surface area (Å²) in [6, 6.07) is 1.54. The molecule has 0 radical (unpaired) electrons.